The number of nitrogens with zero attached hydrogens (tertiary/aromatic N) is 1. The molecule has 2 fully saturated rings. The van der Waals surface area contributed by atoms with Crippen molar-refractivity contribution in [3.05, 3.63) is 107 Å². The van der Waals surface area contributed by atoms with Crippen LogP contribution in [0.4, 0.5) is 0 Å². The second-order valence-electron chi connectivity index (χ2n) is 13.8. The molecular weight excluding hydrogens is 578 g/mol. The maximum atomic E-state index is 13.7. The van der Waals surface area contributed by atoms with Crippen LogP contribution in [0, 0.1) is 11.3 Å². The minimum absolute atomic E-state index is 0.0390. The molecule has 0 radical (unpaired) electrons. The lowest BCUT2D eigenvalue weighted by atomic mass is 9.40. The molecule has 1 saturated carbocycles. The third-order valence-electron chi connectivity index (χ3n) is 11.5. The molecule has 2 heterocycles. The third-order valence-corrected chi connectivity index (χ3v) is 11.5. The van der Waals surface area contributed by atoms with E-state index in [1.165, 1.54) is 11.1 Å². The van der Waals surface area contributed by atoms with Crippen molar-refractivity contribution in [1.82, 2.24) is 4.90 Å². The molecule has 0 N–H and O–H groups in total. The van der Waals surface area contributed by atoms with Crippen LogP contribution < -0.4 is 18.9 Å². The lowest BCUT2D eigenvalue weighted by Crippen LogP contribution is -2.65. The van der Waals surface area contributed by atoms with E-state index < -0.39 is 17.9 Å². The Labute approximate surface area is 267 Å². The number of hydrogen-bond donors (Lipinski definition) is 0. The van der Waals surface area contributed by atoms with Gasteiger partial charge < -0.3 is 23.8 Å². The summed E-state index contributed by atoms with van der Waals surface area (Å²) >= 11 is 0. The van der Waals surface area contributed by atoms with E-state index in [-0.39, 0.29) is 28.2 Å². The van der Waals surface area contributed by atoms with Crippen molar-refractivity contribution in [1.29, 1.82) is 0 Å². The van der Waals surface area contributed by atoms with Gasteiger partial charge in [-0.2, -0.15) is 0 Å². The number of para-hydroxylation sites is 1. The predicted molar refractivity (Wildman–Crippen MR) is 173 cm³/mol. The fourth-order valence-corrected chi connectivity index (χ4v) is 9.56. The summed E-state index contributed by atoms with van der Waals surface area (Å²) in [7, 11) is 3.89. The summed E-state index contributed by atoms with van der Waals surface area (Å²) in [5.74, 6) is 1.00. The van der Waals surface area contributed by atoms with Crippen molar-refractivity contribution in [3.63, 3.8) is 0 Å². The molecule has 1 saturated heterocycles. The van der Waals surface area contributed by atoms with Gasteiger partial charge in [0.2, 0.25) is 0 Å². The first kappa shape index (κ1) is 27.7. The number of likely N-dealkylation sites (N-methyl/N-ethyl adjacent to an activating group) is 1. The van der Waals surface area contributed by atoms with Crippen molar-refractivity contribution in [3.8, 4) is 23.0 Å². The lowest BCUT2D eigenvalue weighted by Gasteiger charge is -2.61. The molecule has 2 bridgehead atoms. The van der Waals surface area contributed by atoms with Gasteiger partial charge in [0, 0.05) is 35.4 Å². The number of ether oxygens (including phenoxy) is 4. The number of esters is 2. The Kier molecular flexibility index (Phi) is 5.83. The van der Waals surface area contributed by atoms with Gasteiger partial charge in [0.25, 0.3) is 0 Å². The minimum atomic E-state index is -0.586. The van der Waals surface area contributed by atoms with Crippen LogP contribution in [0.3, 0.4) is 0 Å². The number of hydrogen-bond acceptors (Lipinski definition) is 7. The molecule has 4 aliphatic carbocycles. The molecule has 6 aliphatic rings. The molecule has 6 atom stereocenters. The molecule has 7 nitrogen and oxygen atoms in total. The molecule has 46 heavy (non-hydrogen) atoms. The monoisotopic (exact) mass is 613 g/mol. The number of rotatable bonds is 6. The fraction of sp³-hybridized carbons (Fsp3) is 0.333. The van der Waals surface area contributed by atoms with Crippen LogP contribution in [-0.2, 0) is 16.6 Å². The van der Waals surface area contributed by atoms with Crippen molar-refractivity contribution in [2.24, 2.45) is 11.3 Å². The van der Waals surface area contributed by atoms with Crippen molar-refractivity contribution >= 4 is 22.7 Å². The largest absolute Gasteiger partial charge is 0.497 e. The third kappa shape index (κ3) is 3.69. The van der Waals surface area contributed by atoms with E-state index in [9.17, 15) is 9.59 Å². The van der Waals surface area contributed by atoms with Gasteiger partial charge in [-0.3, -0.25) is 4.79 Å². The highest BCUT2D eigenvalue weighted by Gasteiger charge is 2.76. The zero-order valence-corrected chi connectivity index (χ0v) is 26.1. The molecular formula is C39H35NO6. The zero-order valence-electron chi connectivity index (χ0n) is 26.1. The second kappa shape index (κ2) is 9.69. The Balaban J connectivity index is 0.981. The number of carbonyl (C=O) groups is 2. The van der Waals surface area contributed by atoms with E-state index in [4.69, 9.17) is 18.9 Å². The quantitative estimate of drug-likeness (QED) is 0.138. The number of methoxy groups -OCH3 is 1. The van der Waals surface area contributed by atoms with Crippen molar-refractivity contribution < 1.29 is 28.5 Å². The average Bonchev–Trinajstić information content (AvgIpc) is 3.41. The van der Waals surface area contributed by atoms with Crippen LogP contribution in [0.5, 0.6) is 23.0 Å². The molecule has 232 valence electrons. The lowest BCUT2D eigenvalue weighted by molar-refractivity contribution is -0.135. The normalized spacial score (nSPS) is 28.5. The molecule has 2 spiro atoms. The topological polar surface area (TPSA) is 74.3 Å². The van der Waals surface area contributed by atoms with Gasteiger partial charge in [0.15, 0.2) is 11.5 Å². The van der Waals surface area contributed by atoms with E-state index in [0.717, 1.165) is 47.9 Å². The summed E-state index contributed by atoms with van der Waals surface area (Å²) in [6.45, 7) is 2.89. The molecule has 2 aliphatic heterocycles. The van der Waals surface area contributed by atoms with E-state index in [1.807, 2.05) is 42.5 Å². The SMILES string of the molecule is COc1ccc2cc(C(C)C(=O)Oc3ccccc3C(=O)Oc3ccc4c5c3O[C@H]3CC=CC67CN(C)C(C4)C6C53C7)ccc2c1. The Morgan fingerprint density at radius 1 is 0.978 bits per heavy atom. The molecule has 5 unspecified atom stereocenters. The Morgan fingerprint density at radius 3 is 2.67 bits per heavy atom. The van der Waals surface area contributed by atoms with Gasteiger partial charge in [-0.15, -0.1) is 0 Å². The average molecular weight is 614 g/mol. The number of likely N-dealkylation sites (tertiary alicyclic amines) is 1. The number of fused-ring (bicyclic) bond motifs is 2. The van der Waals surface area contributed by atoms with E-state index in [1.54, 1.807) is 38.3 Å². The minimum Gasteiger partial charge on any atom is -0.497 e. The van der Waals surface area contributed by atoms with Crippen molar-refractivity contribution in [2.75, 3.05) is 20.7 Å². The fourth-order valence-electron chi connectivity index (χ4n) is 9.56. The maximum Gasteiger partial charge on any atom is 0.347 e. The first-order valence-corrected chi connectivity index (χ1v) is 16.1. The molecule has 7 heteroatoms. The van der Waals surface area contributed by atoms with Crippen LogP contribution >= 0.6 is 0 Å². The second-order valence-corrected chi connectivity index (χ2v) is 13.8. The first-order valence-electron chi connectivity index (χ1n) is 16.1. The standard InChI is InChI=1S/C39H35NO6/c1-22(23-10-11-25-18-27(43-3)14-12-24(25)17-23)36(41)44-30-8-5-4-7-28(30)37(42)45-31-15-13-26-19-29-35-38(21-40(29)2)16-6-9-32-39(35,20-38)33(26)34(31)46-32/h4-8,10-18,22,29,32,35H,9,19-21H2,1-3H3/t22?,29?,32-,35?,38?,39?/m0/s1. The summed E-state index contributed by atoms with van der Waals surface area (Å²) < 4.78 is 24.0. The maximum absolute atomic E-state index is 13.7. The van der Waals surface area contributed by atoms with Crippen LogP contribution in [0.2, 0.25) is 0 Å². The van der Waals surface area contributed by atoms with E-state index in [0.29, 0.717) is 23.5 Å². The number of carbonyl (C=O) groups excluding carboxylic acids is 2. The van der Waals surface area contributed by atoms with E-state index >= 15 is 0 Å². The molecule has 4 aromatic carbocycles. The summed E-state index contributed by atoms with van der Waals surface area (Å²) in [5.41, 5.74) is 3.73. The van der Waals surface area contributed by atoms with Gasteiger partial charge in [0.1, 0.15) is 23.2 Å². The molecule has 10 rings (SSSR count). The Hall–Kier alpha value is -4.62. The van der Waals surface area contributed by atoms with Crippen molar-refractivity contribution in [2.45, 2.75) is 49.7 Å². The smallest absolute Gasteiger partial charge is 0.347 e. The number of benzene rings is 4. The summed E-state index contributed by atoms with van der Waals surface area (Å²) in [6.07, 6.45) is 7.73. The molecule has 0 aromatic heterocycles. The van der Waals surface area contributed by atoms with Crippen LogP contribution in [0.15, 0.2) is 84.9 Å². The highest BCUT2D eigenvalue weighted by atomic mass is 16.6. The zero-order chi connectivity index (χ0) is 31.4. The van der Waals surface area contributed by atoms with Gasteiger partial charge in [-0.05, 0) is 85.0 Å². The predicted octanol–water partition coefficient (Wildman–Crippen LogP) is 6.61. The van der Waals surface area contributed by atoms with Crippen LogP contribution in [-0.4, -0.2) is 49.7 Å². The molecule has 0 amide bonds. The molecule has 4 aromatic rings. The summed E-state index contributed by atoms with van der Waals surface area (Å²) in [4.78, 5) is 29.7. The van der Waals surface area contributed by atoms with Gasteiger partial charge in [-0.1, -0.05) is 54.6 Å². The highest BCUT2D eigenvalue weighted by molar-refractivity contribution is 5.96. The Morgan fingerprint density at radius 2 is 1.80 bits per heavy atom. The van der Waals surface area contributed by atoms with Gasteiger partial charge >= 0.3 is 11.9 Å². The van der Waals surface area contributed by atoms with Crippen LogP contribution in [0.1, 0.15) is 52.7 Å². The first-order chi connectivity index (χ1) is 22.3. The Bertz CT molecular complexity index is 2000. The van der Waals surface area contributed by atoms with E-state index in [2.05, 4.69) is 30.2 Å². The van der Waals surface area contributed by atoms with Crippen LogP contribution in [0.25, 0.3) is 10.8 Å². The highest BCUT2D eigenvalue weighted by Crippen LogP contribution is 2.75. The summed E-state index contributed by atoms with van der Waals surface area (Å²) in [5, 5.41) is 2.01. The van der Waals surface area contributed by atoms with Gasteiger partial charge in [0.05, 0.1) is 13.0 Å². The van der Waals surface area contributed by atoms with Gasteiger partial charge in [-0.25, -0.2) is 4.79 Å². The summed E-state index contributed by atoms with van der Waals surface area (Å²) in [6, 6.07) is 22.9.